The number of amides is 1. The summed E-state index contributed by atoms with van der Waals surface area (Å²) in [7, 11) is 0. The zero-order valence-corrected chi connectivity index (χ0v) is 8.22. The molecule has 0 saturated carbocycles. The van der Waals surface area contributed by atoms with Gasteiger partial charge in [0.25, 0.3) is 0 Å². The van der Waals surface area contributed by atoms with E-state index in [1.54, 1.807) is 18.2 Å². The number of carbonyl (C=O) groups is 1. The molecular weight excluding hydrogens is 181 g/mol. The molecule has 0 fully saturated rings. The molecule has 0 radical (unpaired) electrons. The molecule has 1 aromatic carbocycles. The molecule has 0 aromatic heterocycles. The van der Waals surface area contributed by atoms with Gasteiger partial charge in [-0.2, -0.15) is 0 Å². The summed E-state index contributed by atoms with van der Waals surface area (Å²) in [5.41, 5.74) is 0.596. The Labute approximate surface area is 83.1 Å². The highest BCUT2D eigenvalue weighted by Gasteiger charge is 2.03. The number of rotatable bonds is 4. The molecule has 1 rings (SSSR count). The quantitative estimate of drug-likeness (QED) is 0.781. The standard InChI is InChI=1S/C11H14FNO/c1-2-13-11(14)8-7-9-5-3-4-6-10(9)12/h3-6H,2,7-8H2,1H3,(H,13,14). The number of nitrogens with one attached hydrogen (secondary N) is 1. The molecule has 0 spiro atoms. The third-order valence-electron chi connectivity index (χ3n) is 1.95. The predicted molar refractivity (Wildman–Crippen MR) is 53.4 cm³/mol. The van der Waals surface area contributed by atoms with Gasteiger partial charge in [0.05, 0.1) is 0 Å². The monoisotopic (exact) mass is 195 g/mol. The highest BCUT2D eigenvalue weighted by Crippen LogP contribution is 2.08. The van der Waals surface area contributed by atoms with Gasteiger partial charge in [-0.15, -0.1) is 0 Å². The average Bonchev–Trinajstić information content (AvgIpc) is 2.17. The third kappa shape index (κ3) is 3.17. The van der Waals surface area contributed by atoms with Crippen molar-refractivity contribution in [3.05, 3.63) is 35.6 Å². The molecule has 14 heavy (non-hydrogen) atoms. The molecule has 1 N–H and O–H groups in total. The summed E-state index contributed by atoms with van der Waals surface area (Å²) in [4.78, 5) is 11.1. The number of benzene rings is 1. The summed E-state index contributed by atoms with van der Waals surface area (Å²) in [5, 5.41) is 2.67. The lowest BCUT2D eigenvalue weighted by molar-refractivity contribution is -0.120. The molecule has 0 aliphatic carbocycles. The van der Waals surface area contributed by atoms with Gasteiger partial charge in [0.1, 0.15) is 5.82 Å². The van der Waals surface area contributed by atoms with Crippen LogP contribution in [0.5, 0.6) is 0 Å². The third-order valence-corrected chi connectivity index (χ3v) is 1.95. The molecule has 0 aliphatic heterocycles. The maximum atomic E-state index is 13.1. The Bertz CT molecular complexity index is 312. The molecule has 3 heteroatoms. The fraction of sp³-hybridized carbons (Fsp3) is 0.364. The Balaban J connectivity index is 2.46. The second-order valence-corrected chi connectivity index (χ2v) is 3.04. The molecule has 1 amide bonds. The number of hydrogen-bond donors (Lipinski definition) is 1. The Kier molecular flexibility index (Phi) is 4.11. The maximum absolute atomic E-state index is 13.1. The maximum Gasteiger partial charge on any atom is 0.220 e. The minimum atomic E-state index is -0.239. The van der Waals surface area contributed by atoms with E-state index in [1.807, 2.05) is 6.92 Å². The molecule has 2 nitrogen and oxygen atoms in total. The van der Waals surface area contributed by atoms with Crippen LogP contribution in [0.25, 0.3) is 0 Å². The molecule has 0 saturated heterocycles. The first kappa shape index (κ1) is 10.7. The van der Waals surface area contributed by atoms with Gasteiger partial charge in [0.15, 0.2) is 0 Å². The molecule has 0 heterocycles. The van der Waals surface area contributed by atoms with E-state index in [2.05, 4.69) is 5.32 Å². The first-order valence-corrected chi connectivity index (χ1v) is 4.74. The van der Waals surface area contributed by atoms with E-state index < -0.39 is 0 Å². The summed E-state index contributed by atoms with van der Waals surface area (Å²) in [6.07, 6.45) is 0.799. The van der Waals surface area contributed by atoms with E-state index in [0.29, 0.717) is 24.9 Å². The number of halogens is 1. The van der Waals surface area contributed by atoms with Crippen molar-refractivity contribution in [3.63, 3.8) is 0 Å². The van der Waals surface area contributed by atoms with Crippen LogP contribution in [0.2, 0.25) is 0 Å². The minimum absolute atomic E-state index is 0.0317. The Hall–Kier alpha value is -1.38. The van der Waals surface area contributed by atoms with E-state index in [4.69, 9.17) is 0 Å². The lowest BCUT2D eigenvalue weighted by Crippen LogP contribution is -2.22. The van der Waals surface area contributed by atoms with Gasteiger partial charge in [-0.1, -0.05) is 18.2 Å². The van der Waals surface area contributed by atoms with Gasteiger partial charge in [-0.05, 0) is 25.0 Å². The average molecular weight is 195 g/mol. The lowest BCUT2D eigenvalue weighted by Gasteiger charge is -2.03. The Morgan fingerprint density at radius 2 is 2.14 bits per heavy atom. The molecule has 1 aromatic rings. The zero-order chi connectivity index (χ0) is 10.4. The van der Waals surface area contributed by atoms with Crippen molar-refractivity contribution in [2.45, 2.75) is 19.8 Å². The van der Waals surface area contributed by atoms with Crippen LogP contribution in [0.4, 0.5) is 4.39 Å². The summed E-state index contributed by atoms with van der Waals surface area (Å²) in [6.45, 7) is 2.48. The van der Waals surface area contributed by atoms with E-state index in [-0.39, 0.29) is 11.7 Å². The second-order valence-electron chi connectivity index (χ2n) is 3.04. The van der Waals surface area contributed by atoms with Crippen molar-refractivity contribution < 1.29 is 9.18 Å². The zero-order valence-electron chi connectivity index (χ0n) is 8.22. The summed E-state index contributed by atoms with van der Waals surface area (Å²) >= 11 is 0. The van der Waals surface area contributed by atoms with Crippen LogP contribution >= 0.6 is 0 Å². The summed E-state index contributed by atoms with van der Waals surface area (Å²) < 4.78 is 13.1. The first-order chi connectivity index (χ1) is 6.74. The highest BCUT2D eigenvalue weighted by molar-refractivity contribution is 5.76. The molecular formula is C11H14FNO. The number of hydrogen-bond acceptors (Lipinski definition) is 1. The predicted octanol–water partition coefficient (Wildman–Crippen LogP) is 1.89. The smallest absolute Gasteiger partial charge is 0.220 e. The van der Waals surface area contributed by atoms with Gasteiger partial charge in [-0.3, -0.25) is 4.79 Å². The SMILES string of the molecule is CCNC(=O)CCc1ccccc1F. The van der Waals surface area contributed by atoms with Crippen molar-refractivity contribution in [1.29, 1.82) is 0 Å². The van der Waals surface area contributed by atoms with E-state index in [1.165, 1.54) is 6.07 Å². The van der Waals surface area contributed by atoms with Gasteiger partial charge in [0, 0.05) is 13.0 Å². The van der Waals surface area contributed by atoms with Crippen LogP contribution in [-0.2, 0) is 11.2 Å². The fourth-order valence-corrected chi connectivity index (χ4v) is 1.23. The number of aryl methyl sites for hydroxylation is 1. The van der Waals surface area contributed by atoms with E-state index in [0.717, 1.165) is 0 Å². The fourth-order valence-electron chi connectivity index (χ4n) is 1.23. The minimum Gasteiger partial charge on any atom is -0.356 e. The molecule has 0 bridgehead atoms. The van der Waals surface area contributed by atoms with Crippen LogP contribution in [0.1, 0.15) is 18.9 Å². The largest absolute Gasteiger partial charge is 0.356 e. The van der Waals surface area contributed by atoms with Crippen molar-refractivity contribution in [1.82, 2.24) is 5.32 Å². The van der Waals surface area contributed by atoms with E-state index in [9.17, 15) is 9.18 Å². The normalized spacial score (nSPS) is 9.86. The van der Waals surface area contributed by atoms with Gasteiger partial charge < -0.3 is 5.32 Å². The van der Waals surface area contributed by atoms with Crippen molar-refractivity contribution in [2.24, 2.45) is 0 Å². The van der Waals surface area contributed by atoms with Crippen LogP contribution in [-0.4, -0.2) is 12.5 Å². The van der Waals surface area contributed by atoms with Gasteiger partial charge in [-0.25, -0.2) is 4.39 Å². The van der Waals surface area contributed by atoms with Crippen molar-refractivity contribution >= 4 is 5.91 Å². The van der Waals surface area contributed by atoms with Crippen LogP contribution in [0, 0.1) is 5.82 Å². The topological polar surface area (TPSA) is 29.1 Å². The van der Waals surface area contributed by atoms with Gasteiger partial charge in [0.2, 0.25) is 5.91 Å². The van der Waals surface area contributed by atoms with Crippen LogP contribution in [0.15, 0.2) is 24.3 Å². The van der Waals surface area contributed by atoms with E-state index >= 15 is 0 Å². The molecule has 0 aliphatic rings. The highest BCUT2D eigenvalue weighted by atomic mass is 19.1. The van der Waals surface area contributed by atoms with Crippen molar-refractivity contribution in [2.75, 3.05) is 6.54 Å². The van der Waals surface area contributed by atoms with Crippen LogP contribution < -0.4 is 5.32 Å². The number of carbonyl (C=O) groups excluding carboxylic acids is 1. The molecule has 0 unspecified atom stereocenters. The lowest BCUT2D eigenvalue weighted by atomic mass is 10.1. The van der Waals surface area contributed by atoms with Crippen molar-refractivity contribution in [3.8, 4) is 0 Å². The van der Waals surface area contributed by atoms with Crippen LogP contribution in [0.3, 0.4) is 0 Å². The molecule has 0 atom stereocenters. The second kappa shape index (κ2) is 5.37. The first-order valence-electron chi connectivity index (χ1n) is 4.74. The Morgan fingerprint density at radius 3 is 2.79 bits per heavy atom. The Morgan fingerprint density at radius 1 is 1.43 bits per heavy atom. The molecule has 76 valence electrons. The van der Waals surface area contributed by atoms with Gasteiger partial charge >= 0.3 is 0 Å². The summed E-state index contributed by atoms with van der Waals surface area (Å²) in [5.74, 6) is -0.271. The summed E-state index contributed by atoms with van der Waals surface area (Å²) in [6, 6.07) is 6.53.